The minimum Gasteiger partial charge on any atom is -0.258 e. The Hall–Kier alpha value is -0.880. The maximum atomic E-state index is 13.0. The topological polar surface area (TPSA) is 43.1 Å². The molecule has 0 aromatic heterocycles. The van der Waals surface area contributed by atoms with E-state index in [0.29, 0.717) is 6.07 Å². The van der Waals surface area contributed by atoms with Crippen LogP contribution in [0.1, 0.15) is 0 Å². The first-order valence-corrected chi connectivity index (χ1v) is 4.95. The number of halogens is 3. The first-order valence-electron chi connectivity index (χ1n) is 3.35. The quantitative estimate of drug-likeness (QED) is 0.344. The summed E-state index contributed by atoms with van der Waals surface area (Å²) >= 11 is 6.33. The summed E-state index contributed by atoms with van der Waals surface area (Å²) in [6.07, 6.45) is 1.45. The molecule has 3 nitrogen and oxygen atoms in total. The van der Waals surface area contributed by atoms with E-state index in [0.717, 1.165) is 11.8 Å². The first kappa shape index (κ1) is 11.2. The van der Waals surface area contributed by atoms with Gasteiger partial charge in [0.25, 0.3) is 5.69 Å². The van der Waals surface area contributed by atoms with Crippen molar-refractivity contribution in [2.75, 3.05) is 6.26 Å². The fourth-order valence-electron chi connectivity index (χ4n) is 0.880. The second-order valence-corrected chi connectivity index (χ2v) is 3.49. The molecule has 0 unspecified atom stereocenters. The predicted octanol–water partition coefficient (Wildman–Crippen LogP) is 3.25. The fraction of sp³-hybridized carbons (Fsp3) is 0.143. The lowest BCUT2D eigenvalue weighted by Crippen LogP contribution is -1.96. The number of hydrogen-bond acceptors (Lipinski definition) is 3. The zero-order valence-corrected chi connectivity index (χ0v) is 8.46. The molecular weight excluding hydrogens is 236 g/mol. The molecular formula is C7H4ClF2NO2S. The van der Waals surface area contributed by atoms with Crippen molar-refractivity contribution in [3.8, 4) is 0 Å². The summed E-state index contributed by atoms with van der Waals surface area (Å²) < 4.78 is 25.8. The van der Waals surface area contributed by atoms with Gasteiger partial charge >= 0.3 is 0 Å². The van der Waals surface area contributed by atoms with Gasteiger partial charge in [0.2, 0.25) is 0 Å². The van der Waals surface area contributed by atoms with E-state index in [1.54, 1.807) is 0 Å². The zero-order valence-electron chi connectivity index (χ0n) is 6.88. The van der Waals surface area contributed by atoms with Crippen molar-refractivity contribution in [1.82, 2.24) is 0 Å². The Labute approximate surface area is 87.2 Å². The monoisotopic (exact) mass is 239 g/mol. The highest BCUT2D eigenvalue weighted by atomic mass is 35.5. The summed E-state index contributed by atoms with van der Waals surface area (Å²) in [4.78, 5) is 9.27. The van der Waals surface area contributed by atoms with Crippen molar-refractivity contribution >= 4 is 29.1 Å². The molecule has 0 radical (unpaired) electrons. The zero-order chi connectivity index (χ0) is 10.9. The van der Waals surface area contributed by atoms with Crippen LogP contribution in [0.3, 0.4) is 0 Å². The second kappa shape index (κ2) is 4.10. The van der Waals surface area contributed by atoms with Gasteiger partial charge in [0.05, 0.1) is 15.9 Å². The number of hydrogen-bond donors (Lipinski definition) is 0. The van der Waals surface area contributed by atoms with Crippen LogP contribution < -0.4 is 0 Å². The summed E-state index contributed by atoms with van der Waals surface area (Å²) in [6, 6.07) is 0.470. The molecule has 1 rings (SSSR count). The number of rotatable bonds is 2. The Kier molecular flexibility index (Phi) is 3.28. The van der Waals surface area contributed by atoms with E-state index in [4.69, 9.17) is 11.6 Å². The molecule has 1 aromatic carbocycles. The largest absolute Gasteiger partial charge is 0.292 e. The summed E-state index contributed by atoms with van der Waals surface area (Å²) in [6.45, 7) is 0. The molecule has 0 N–H and O–H groups in total. The molecule has 0 bridgehead atoms. The number of nitro groups is 1. The van der Waals surface area contributed by atoms with Crippen LogP contribution >= 0.6 is 23.4 Å². The van der Waals surface area contributed by atoms with E-state index in [2.05, 4.69) is 0 Å². The van der Waals surface area contributed by atoms with E-state index in [1.807, 2.05) is 0 Å². The first-order chi connectivity index (χ1) is 6.49. The molecule has 0 aliphatic carbocycles. The van der Waals surface area contributed by atoms with Crippen molar-refractivity contribution in [3.05, 3.63) is 32.8 Å². The van der Waals surface area contributed by atoms with Crippen LogP contribution in [0.5, 0.6) is 0 Å². The smallest absolute Gasteiger partial charge is 0.258 e. The van der Waals surface area contributed by atoms with Crippen LogP contribution in [-0.4, -0.2) is 11.2 Å². The van der Waals surface area contributed by atoms with E-state index < -0.39 is 22.2 Å². The highest BCUT2D eigenvalue weighted by molar-refractivity contribution is 7.98. The molecule has 0 saturated heterocycles. The van der Waals surface area contributed by atoms with E-state index in [9.17, 15) is 18.9 Å². The average Bonchev–Trinajstić information content (AvgIpc) is 2.12. The Morgan fingerprint density at radius 2 is 2.14 bits per heavy atom. The molecule has 0 heterocycles. The van der Waals surface area contributed by atoms with Crippen LogP contribution in [0.2, 0.25) is 5.02 Å². The summed E-state index contributed by atoms with van der Waals surface area (Å²) in [5, 5.41) is 10.0. The van der Waals surface area contributed by atoms with Crippen LogP contribution in [0.4, 0.5) is 14.5 Å². The van der Waals surface area contributed by atoms with E-state index in [1.165, 1.54) is 6.26 Å². The Bertz CT molecular complexity index is 400. The Balaban J connectivity index is 3.50. The van der Waals surface area contributed by atoms with Gasteiger partial charge in [0.15, 0.2) is 11.6 Å². The number of nitrogens with zero attached hydrogens (tertiary/aromatic N) is 1. The third kappa shape index (κ3) is 1.80. The highest BCUT2D eigenvalue weighted by Crippen LogP contribution is 2.36. The van der Waals surface area contributed by atoms with Gasteiger partial charge in [-0.05, 0) is 6.26 Å². The maximum absolute atomic E-state index is 13.0. The maximum Gasteiger partial charge on any atom is 0.292 e. The average molecular weight is 240 g/mol. The molecule has 76 valence electrons. The highest BCUT2D eigenvalue weighted by Gasteiger charge is 2.23. The predicted molar refractivity (Wildman–Crippen MR) is 49.8 cm³/mol. The minimum absolute atomic E-state index is 0.252. The Morgan fingerprint density at radius 3 is 2.57 bits per heavy atom. The van der Waals surface area contributed by atoms with Gasteiger partial charge in [-0.25, -0.2) is 8.78 Å². The molecule has 0 spiro atoms. The second-order valence-electron chi connectivity index (χ2n) is 2.30. The van der Waals surface area contributed by atoms with E-state index in [-0.39, 0.29) is 9.92 Å². The number of thioether (sulfide) groups is 1. The lowest BCUT2D eigenvalue weighted by atomic mass is 10.3. The lowest BCUT2D eigenvalue weighted by Gasteiger charge is -2.03. The molecule has 1 aromatic rings. The SMILES string of the molecule is CSc1c(F)c(F)cc([N+](=O)[O-])c1Cl. The molecule has 0 fully saturated rings. The van der Waals surface area contributed by atoms with Gasteiger partial charge in [0.1, 0.15) is 5.02 Å². The third-order valence-corrected chi connectivity index (χ3v) is 2.78. The van der Waals surface area contributed by atoms with Gasteiger partial charge in [-0.15, -0.1) is 11.8 Å². The van der Waals surface area contributed by atoms with Crippen molar-refractivity contribution in [2.24, 2.45) is 0 Å². The van der Waals surface area contributed by atoms with Gasteiger partial charge in [-0.2, -0.15) is 0 Å². The van der Waals surface area contributed by atoms with E-state index >= 15 is 0 Å². The third-order valence-electron chi connectivity index (χ3n) is 1.50. The van der Waals surface area contributed by atoms with Crippen LogP contribution in [0.25, 0.3) is 0 Å². The van der Waals surface area contributed by atoms with Crippen LogP contribution in [0, 0.1) is 21.7 Å². The lowest BCUT2D eigenvalue weighted by molar-refractivity contribution is -0.385. The summed E-state index contributed by atoms with van der Waals surface area (Å²) in [5.74, 6) is -2.43. The standard InChI is InChI=1S/C7H4ClF2NO2S/c1-14-7-5(8)4(11(12)13)2-3(9)6(7)10/h2H,1H3. The minimum atomic E-state index is -1.27. The van der Waals surface area contributed by atoms with Crippen molar-refractivity contribution < 1.29 is 13.7 Å². The van der Waals surface area contributed by atoms with Crippen LogP contribution in [0.15, 0.2) is 11.0 Å². The number of benzene rings is 1. The molecule has 0 saturated carbocycles. The summed E-state index contributed by atoms with van der Waals surface area (Å²) in [5.41, 5.74) is -0.630. The fourth-order valence-corrected chi connectivity index (χ4v) is 1.88. The Morgan fingerprint density at radius 1 is 1.57 bits per heavy atom. The van der Waals surface area contributed by atoms with Gasteiger partial charge in [0, 0.05) is 0 Å². The summed E-state index contributed by atoms with van der Waals surface area (Å²) in [7, 11) is 0. The van der Waals surface area contributed by atoms with Gasteiger partial charge in [-0.1, -0.05) is 11.6 Å². The molecule has 0 atom stereocenters. The normalized spacial score (nSPS) is 10.3. The molecule has 0 aliphatic rings. The molecule has 0 amide bonds. The molecule has 14 heavy (non-hydrogen) atoms. The molecule has 0 aliphatic heterocycles. The van der Waals surface area contributed by atoms with Gasteiger partial charge in [-0.3, -0.25) is 10.1 Å². The van der Waals surface area contributed by atoms with Crippen molar-refractivity contribution in [3.63, 3.8) is 0 Å². The van der Waals surface area contributed by atoms with Crippen molar-refractivity contribution in [1.29, 1.82) is 0 Å². The van der Waals surface area contributed by atoms with Gasteiger partial charge < -0.3 is 0 Å². The number of nitro benzene ring substituents is 1. The molecule has 7 heteroatoms. The van der Waals surface area contributed by atoms with Crippen molar-refractivity contribution in [2.45, 2.75) is 4.90 Å². The van der Waals surface area contributed by atoms with Crippen LogP contribution in [-0.2, 0) is 0 Å².